The minimum atomic E-state index is -0.0908. The number of carbonyl (C=O) groups excluding carboxylic acids is 1. The van der Waals surface area contributed by atoms with Crippen LogP contribution in [0.1, 0.15) is 0 Å². The molecule has 1 N–H and O–H groups in total. The van der Waals surface area contributed by atoms with E-state index in [1.165, 1.54) is 11.8 Å². The SMILES string of the molecule is C=CCNC(=O)CSc1nnc(-c2ccccc2)c(-c2ccccc2)n1. The maximum Gasteiger partial charge on any atom is 0.230 e. The van der Waals surface area contributed by atoms with Crippen molar-refractivity contribution < 1.29 is 4.79 Å². The highest BCUT2D eigenvalue weighted by atomic mass is 32.2. The molecule has 3 aromatic rings. The lowest BCUT2D eigenvalue weighted by Gasteiger charge is -2.09. The zero-order valence-electron chi connectivity index (χ0n) is 14.1. The van der Waals surface area contributed by atoms with E-state index >= 15 is 0 Å². The van der Waals surface area contributed by atoms with Gasteiger partial charge >= 0.3 is 0 Å². The molecule has 5 nitrogen and oxygen atoms in total. The summed E-state index contributed by atoms with van der Waals surface area (Å²) < 4.78 is 0. The van der Waals surface area contributed by atoms with Crippen LogP contribution >= 0.6 is 11.8 Å². The van der Waals surface area contributed by atoms with E-state index in [1.807, 2.05) is 60.7 Å². The number of benzene rings is 2. The van der Waals surface area contributed by atoms with Crippen LogP contribution in [-0.2, 0) is 4.79 Å². The first-order chi connectivity index (χ1) is 12.8. The molecule has 26 heavy (non-hydrogen) atoms. The summed E-state index contributed by atoms with van der Waals surface area (Å²) in [7, 11) is 0. The van der Waals surface area contributed by atoms with Crippen molar-refractivity contribution in [2.24, 2.45) is 0 Å². The Hall–Kier alpha value is -2.99. The third-order valence-electron chi connectivity index (χ3n) is 3.54. The van der Waals surface area contributed by atoms with E-state index in [1.54, 1.807) is 6.08 Å². The highest BCUT2D eigenvalue weighted by Gasteiger charge is 2.14. The van der Waals surface area contributed by atoms with Gasteiger partial charge in [-0.15, -0.1) is 16.8 Å². The van der Waals surface area contributed by atoms with E-state index < -0.39 is 0 Å². The molecule has 0 aliphatic rings. The Morgan fingerprint density at radius 3 is 2.19 bits per heavy atom. The second-order valence-corrected chi connectivity index (χ2v) is 6.35. The van der Waals surface area contributed by atoms with Gasteiger partial charge in [-0.2, -0.15) is 0 Å². The molecule has 0 radical (unpaired) electrons. The first-order valence-corrected chi connectivity index (χ1v) is 9.12. The number of nitrogens with one attached hydrogen (secondary N) is 1. The molecule has 130 valence electrons. The smallest absolute Gasteiger partial charge is 0.230 e. The second kappa shape index (κ2) is 8.92. The van der Waals surface area contributed by atoms with Crippen molar-refractivity contribution in [1.82, 2.24) is 20.5 Å². The van der Waals surface area contributed by atoms with Gasteiger partial charge in [0.25, 0.3) is 0 Å². The number of rotatable bonds is 7. The molecule has 1 aromatic heterocycles. The summed E-state index contributed by atoms with van der Waals surface area (Å²) >= 11 is 1.26. The molecular weight excluding hydrogens is 344 g/mol. The monoisotopic (exact) mass is 362 g/mol. The Morgan fingerprint density at radius 2 is 1.58 bits per heavy atom. The van der Waals surface area contributed by atoms with Crippen LogP contribution in [0.25, 0.3) is 22.5 Å². The molecule has 0 saturated carbocycles. The van der Waals surface area contributed by atoms with Crippen molar-refractivity contribution in [1.29, 1.82) is 0 Å². The first kappa shape index (κ1) is 17.8. The largest absolute Gasteiger partial charge is 0.352 e. The van der Waals surface area contributed by atoms with Crippen LogP contribution in [0.3, 0.4) is 0 Å². The number of thioether (sulfide) groups is 1. The van der Waals surface area contributed by atoms with E-state index in [2.05, 4.69) is 27.1 Å². The van der Waals surface area contributed by atoms with Crippen LogP contribution in [0.2, 0.25) is 0 Å². The number of aromatic nitrogens is 3. The van der Waals surface area contributed by atoms with E-state index in [0.717, 1.165) is 22.5 Å². The maximum atomic E-state index is 11.8. The summed E-state index contributed by atoms with van der Waals surface area (Å²) in [6.45, 7) is 4.02. The van der Waals surface area contributed by atoms with Gasteiger partial charge in [0.1, 0.15) is 11.4 Å². The third kappa shape index (κ3) is 4.55. The molecule has 0 aliphatic heterocycles. The van der Waals surface area contributed by atoms with Gasteiger partial charge in [0.05, 0.1) is 5.75 Å². The van der Waals surface area contributed by atoms with Crippen LogP contribution in [-0.4, -0.2) is 33.4 Å². The summed E-state index contributed by atoms with van der Waals surface area (Å²) in [5.41, 5.74) is 3.38. The maximum absolute atomic E-state index is 11.8. The van der Waals surface area contributed by atoms with Crippen molar-refractivity contribution in [2.45, 2.75) is 5.16 Å². The molecule has 2 aromatic carbocycles. The average Bonchev–Trinajstić information content (AvgIpc) is 2.72. The summed E-state index contributed by atoms with van der Waals surface area (Å²) in [5, 5.41) is 11.8. The van der Waals surface area contributed by atoms with E-state index in [0.29, 0.717) is 11.7 Å². The lowest BCUT2D eigenvalue weighted by molar-refractivity contribution is -0.118. The van der Waals surface area contributed by atoms with Gasteiger partial charge in [0.15, 0.2) is 0 Å². The topological polar surface area (TPSA) is 67.8 Å². The van der Waals surface area contributed by atoms with Gasteiger partial charge in [-0.05, 0) is 0 Å². The predicted molar refractivity (Wildman–Crippen MR) is 105 cm³/mol. The van der Waals surface area contributed by atoms with Crippen molar-refractivity contribution in [3.63, 3.8) is 0 Å². The fourth-order valence-electron chi connectivity index (χ4n) is 2.33. The molecule has 0 atom stereocenters. The van der Waals surface area contributed by atoms with Crippen LogP contribution in [0.5, 0.6) is 0 Å². The van der Waals surface area contributed by atoms with Gasteiger partial charge in [-0.1, -0.05) is 78.5 Å². The molecule has 1 amide bonds. The Bertz CT molecular complexity index is 885. The summed E-state index contributed by atoms with van der Waals surface area (Å²) in [5.74, 6) is 0.140. The van der Waals surface area contributed by atoms with Crippen LogP contribution in [0, 0.1) is 0 Å². The molecule has 0 bridgehead atoms. The quantitative estimate of drug-likeness (QED) is 0.514. The minimum absolute atomic E-state index is 0.0908. The van der Waals surface area contributed by atoms with E-state index in [4.69, 9.17) is 0 Å². The van der Waals surface area contributed by atoms with Gasteiger partial charge < -0.3 is 5.32 Å². The number of hydrogen-bond acceptors (Lipinski definition) is 5. The van der Waals surface area contributed by atoms with Crippen LogP contribution < -0.4 is 5.32 Å². The summed E-state index contributed by atoms with van der Waals surface area (Å²) in [6.07, 6.45) is 1.64. The fourth-order valence-corrected chi connectivity index (χ4v) is 2.94. The molecule has 0 aliphatic carbocycles. The molecule has 6 heteroatoms. The minimum Gasteiger partial charge on any atom is -0.352 e. The van der Waals surface area contributed by atoms with E-state index in [-0.39, 0.29) is 11.7 Å². The number of nitrogens with zero attached hydrogens (tertiary/aromatic N) is 3. The third-order valence-corrected chi connectivity index (χ3v) is 4.38. The van der Waals surface area contributed by atoms with Crippen molar-refractivity contribution >= 4 is 17.7 Å². The zero-order valence-corrected chi connectivity index (χ0v) is 14.9. The fraction of sp³-hybridized carbons (Fsp3) is 0.100. The van der Waals surface area contributed by atoms with Crippen molar-refractivity contribution in [3.8, 4) is 22.5 Å². The highest BCUT2D eigenvalue weighted by Crippen LogP contribution is 2.29. The molecule has 1 heterocycles. The summed E-state index contributed by atoms with van der Waals surface area (Å²) in [4.78, 5) is 16.4. The molecule has 0 unspecified atom stereocenters. The Morgan fingerprint density at radius 1 is 0.962 bits per heavy atom. The Balaban J connectivity index is 1.90. The first-order valence-electron chi connectivity index (χ1n) is 8.14. The Kier molecular flexibility index (Phi) is 6.11. The van der Waals surface area contributed by atoms with Gasteiger partial charge in [-0.3, -0.25) is 4.79 Å². The van der Waals surface area contributed by atoms with Crippen LogP contribution in [0.4, 0.5) is 0 Å². The predicted octanol–water partition coefficient (Wildman–Crippen LogP) is 3.60. The number of hydrogen-bond donors (Lipinski definition) is 1. The molecule has 0 saturated heterocycles. The molecular formula is C20H18N4OS. The number of carbonyl (C=O) groups is 1. The molecule has 0 fully saturated rings. The van der Waals surface area contributed by atoms with Crippen LogP contribution in [0.15, 0.2) is 78.5 Å². The van der Waals surface area contributed by atoms with Gasteiger partial charge in [0, 0.05) is 17.7 Å². The molecule has 3 rings (SSSR count). The van der Waals surface area contributed by atoms with Gasteiger partial charge in [0.2, 0.25) is 11.1 Å². The highest BCUT2D eigenvalue weighted by molar-refractivity contribution is 7.99. The normalized spacial score (nSPS) is 10.3. The Labute approximate surface area is 156 Å². The number of amides is 1. The zero-order chi connectivity index (χ0) is 18.2. The lowest BCUT2D eigenvalue weighted by atomic mass is 10.0. The van der Waals surface area contributed by atoms with Crippen molar-refractivity contribution in [2.75, 3.05) is 12.3 Å². The summed E-state index contributed by atoms with van der Waals surface area (Å²) in [6, 6.07) is 19.7. The van der Waals surface area contributed by atoms with E-state index in [9.17, 15) is 4.79 Å². The standard InChI is InChI=1S/C20H18N4OS/c1-2-13-21-17(25)14-26-20-22-18(15-9-5-3-6-10-15)19(23-24-20)16-11-7-4-8-12-16/h2-12H,1,13-14H2,(H,21,25). The molecule has 0 spiro atoms. The van der Waals surface area contributed by atoms with Crippen molar-refractivity contribution in [3.05, 3.63) is 73.3 Å². The second-order valence-electron chi connectivity index (χ2n) is 5.41. The average molecular weight is 362 g/mol. The lowest BCUT2D eigenvalue weighted by Crippen LogP contribution is -2.25. The van der Waals surface area contributed by atoms with Gasteiger partial charge in [-0.25, -0.2) is 4.98 Å².